The Morgan fingerprint density at radius 1 is 1.35 bits per heavy atom. The van der Waals surface area contributed by atoms with Gasteiger partial charge in [-0.1, -0.05) is 0 Å². The monoisotopic (exact) mass is 297 g/mol. The lowest BCUT2D eigenvalue weighted by Crippen LogP contribution is -2.44. The van der Waals surface area contributed by atoms with Crippen LogP contribution in [0.3, 0.4) is 0 Å². The number of rotatable bonds is 5. The standard InChI is InChI=1S/C13H19N3O3S/c17-12(18)9-1-3-10(4-2-9)16-13(19)14-6-5-11-7-20-8-15-11/h7-10H,1-6H2,(H,17,18)(H2,14,16,19). The van der Waals surface area contributed by atoms with E-state index in [9.17, 15) is 9.59 Å². The molecule has 0 radical (unpaired) electrons. The molecular formula is C13H19N3O3S. The van der Waals surface area contributed by atoms with Crippen LogP contribution in [0.15, 0.2) is 10.9 Å². The molecule has 20 heavy (non-hydrogen) atoms. The Labute approximate surface area is 121 Å². The lowest BCUT2D eigenvalue weighted by molar-refractivity contribution is -0.142. The van der Waals surface area contributed by atoms with E-state index in [2.05, 4.69) is 15.6 Å². The highest BCUT2D eigenvalue weighted by Gasteiger charge is 2.26. The van der Waals surface area contributed by atoms with Crippen LogP contribution in [0, 0.1) is 5.92 Å². The van der Waals surface area contributed by atoms with Gasteiger partial charge >= 0.3 is 12.0 Å². The zero-order valence-electron chi connectivity index (χ0n) is 11.2. The smallest absolute Gasteiger partial charge is 0.315 e. The number of carbonyl (C=O) groups excluding carboxylic acids is 1. The maximum absolute atomic E-state index is 11.7. The summed E-state index contributed by atoms with van der Waals surface area (Å²) in [4.78, 5) is 26.7. The van der Waals surface area contributed by atoms with Crippen LogP contribution in [0.4, 0.5) is 4.79 Å². The maximum Gasteiger partial charge on any atom is 0.315 e. The van der Waals surface area contributed by atoms with Gasteiger partial charge < -0.3 is 15.7 Å². The molecule has 0 spiro atoms. The quantitative estimate of drug-likeness (QED) is 0.770. The second-order valence-corrected chi connectivity index (χ2v) is 5.74. The first kappa shape index (κ1) is 14.8. The Bertz CT molecular complexity index is 442. The normalized spacial score (nSPS) is 22.2. The highest BCUT2D eigenvalue weighted by atomic mass is 32.1. The number of aliphatic carboxylic acids is 1. The average molecular weight is 297 g/mol. The Hall–Kier alpha value is -1.63. The van der Waals surface area contributed by atoms with Gasteiger partial charge in [-0.2, -0.15) is 0 Å². The summed E-state index contributed by atoms with van der Waals surface area (Å²) in [5.41, 5.74) is 2.76. The predicted octanol–water partition coefficient (Wildman–Crippen LogP) is 1.63. The van der Waals surface area contributed by atoms with Crippen LogP contribution in [0.2, 0.25) is 0 Å². The molecule has 7 heteroatoms. The zero-order chi connectivity index (χ0) is 14.4. The first-order valence-corrected chi connectivity index (χ1v) is 7.73. The fourth-order valence-electron chi connectivity index (χ4n) is 2.39. The average Bonchev–Trinajstić information content (AvgIpc) is 2.92. The number of amides is 2. The minimum absolute atomic E-state index is 0.0878. The van der Waals surface area contributed by atoms with Crippen molar-refractivity contribution >= 4 is 23.3 Å². The Morgan fingerprint density at radius 2 is 2.10 bits per heavy atom. The van der Waals surface area contributed by atoms with Crippen LogP contribution in [-0.4, -0.2) is 34.7 Å². The van der Waals surface area contributed by atoms with Crippen molar-refractivity contribution in [3.05, 3.63) is 16.6 Å². The molecule has 3 N–H and O–H groups in total. The van der Waals surface area contributed by atoms with Gasteiger partial charge in [0.05, 0.1) is 17.1 Å². The number of hydrogen-bond acceptors (Lipinski definition) is 4. The molecule has 1 saturated carbocycles. The second-order valence-electron chi connectivity index (χ2n) is 5.02. The number of thiazole rings is 1. The van der Waals surface area contributed by atoms with Gasteiger partial charge in [0.25, 0.3) is 0 Å². The van der Waals surface area contributed by atoms with E-state index >= 15 is 0 Å². The highest BCUT2D eigenvalue weighted by molar-refractivity contribution is 7.07. The summed E-state index contributed by atoms with van der Waals surface area (Å²) in [5, 5.41) is 16.6. The molecule has 1 fully saturated rings. The number of carboxylic acids is 1. The van der Waals surface area contributed by atoms with Gasteiger partial charge in [-0.05, 0) is 25.7 Å². The van der Waals surface area contributed by atoms with Crippen LogP contribution in [0.5, 0.6) is 0 Å². The number of carbonyl (C=O) groups is 2. The van der Waals surface area contributed by atoms with Crippen LogP contribution in [0.1, 0.15) is 31.4 Å². The summed E-state index contributed by atoms with van der Waals surface area (Å²) in [7, 11) is 0. The molecule has 2 rings (SSSR count). The molecule has 0 unspecified atom stereocenters. The Kier molecular flexibility index (Phi) is 5.34. The van der Waals surface area contributed by atoms with Crippen molar-refractivity contribution in [1.29, 1.82) is 0 Å². The predicted molar refractivity (Wildman–Crippen MR) is 75.7 cm³/mol. The van der Waals surface area contributed by atoms with E-state index in [0.29, 0.717) is 19.4 Å². The van der Waals surface area contributed by atoms with Crippen molar-refractivity contribution < 1.29 is 14.7 Å². The zero-order valence-corrected chi connectivity index (χ0v) is 12.0. The summed E-state index contributed by atoms with van der Waals surface area (Å²) in [6.07, 6.45) is 3.47. The third-order valence-electron chi connectivity index (χ3n) is 3.56. The molecule has 1 heterocycles. The van der Waals surface area contributed by atoms with Gasteiger partial charge in [-0.15, -0.1) is 11.3 Å². The Balaban J connectivity index is 1.61. The largest absolute Gasteiger partial charge is 0.481 e. The molecule has 110 valence electrons. The lowest BCUT2D eigenvalue weighted by atomic mass is 9.86. The molecule has 0 bridgehead atoms. The van der Waals surface area contributed by atoms with Crippen LogP contribution >= 0.6 is 11.3 Å². The summed E-state index contributed by atoms with van der Waals surface area (Å²) in [6.45, 7) is 0.556. The van der Waals surface area contributed by atoms with Crippen LogP contribution in [0.25, 0.3) is 0 Å². The minimum Gasteiger partial charge on any atom is -0.481 e. The van der Waals surface area contributed by atoms with Gasteiger partial charge in [0, 0.05) is 24.4 Å². The third-order valence-corrected chi connectivity index (χ3v) is 4.20. The SMILES string of the molecule is O=C(NCCc1cscn1)NC1CCC(C(=O)O)CC1. The summed E-state index contributed by atoms with van der Waals surface area (Å²) in [6, 6.07) is -0.0936. The number of hydrogen-bond donors (Lipinski definition) is 3. The van der Waals surface area contributed by atoms with Crippen molar-refractivity contribution in [1.82, 2.24) is 15.6 Å². The van der Waals surface area contributed by atoms with Gasteiger partial charge in [-0.25, -0.2) is 9.78 Å². The maximum atomic E-state index is 11.7. The van der Waals surface area contributed by atoms with E-state index in [-0.39, 0.29) is 18.0 Å². The van der Waals surface area contributed by atoms with E-state index < -0.39 is 5.97 Å². The Morgan fingerprint density at radius 3 is 2.70 bits per heavy atom. The topological polar surface area (TPSA) is 91.3 Å². The molecule has 0 saturated heterocycles. The van der Waals surface area contributed by atoms with Gasteiger partial charge in [0.15, 0.2) is 0 Å². The highest BCUT2D eigenvalue weighted by Crippen LogP contribution is 2.24. The summed E-state index contributed by atoms with van der Waals surface area (Å²) in [5.74, 6) is -0.975. The third kappa shape index (κ3) is 4.48. The molecule has 6 nitrogen and oxygen atoms in total. The minimum atomic E-state index is -0.726. The van der Waals surface area contributed by atoms with E-state index in [4.69, 9.17) is 5.11 Å². The molecule has 0 aliphatic heterocycles. The number of carboxylic acid groups (broad SMARTS) is 1. The van der Waals surface area contributed by atoms with Crippen molar-refractivity contribution in [3.8, 4) is 0 Å². The van der Waals surface area contributed by atoms with E-state index in [1.54, 1.807) is 16.8 Å². The van der Waals surface area contributed by atoms with Crippen molar-refractivity contribution in [2.45, 2.75) is 38.1 Å². The number of nitrogens with one attached hydrogen (secondary N) is 2. The molecule has 1 aromatic rings. The second kappa shape index (κ2) is 7.23. The van der Waals surface area contributed by atoms with E-state index in [1.807, 2.05) is 5.38 Å². The fourth-order valence-corrected chi connectivity index (χ4v) is 2.98. The molecule has 1 aliphatic rings. The van der Waals surface area contributed by atoms with Crippen LogP contribution < -0.4 is 10.6 Å². The fraction of sp³-hybridized carbons (Fsp3) is 0.615. The van der Waals surface area contributed by atoms with Crippen LogP contribution in [-0.2, 0) is 11.2 Å². The lowest BCUT2D eigenvalue weighted by Gasteiger charge is -2.26. The number of aromatic nitrogens is 1. The summed E-state index contributed by atoms with van der Waals surface area (Å²) >= 11 is 1.54. The number of urea groups is 1. The van der Waals surface area contributed by atoms with Gasteiger partial charge in [0.2, 0.25) is 0 Å². The first-order valence-electron chi connectivity index (χ1n) is 6.79. The summed E-state index contributed by atoms with van der Waals surface area (Å²) < 4.78 is 0. The molecule has 0 aromatic carbocycles. The number of nitrogens with zero attached hydrogens (tertiary/aromatic N) is 1. The molecular weight excluding hydrogens is 278 g/mol. The van der Waals surface area contributed by atoms with Crippen molar-refractivity contribution in [2.75, 3.05) is 6.54 Å². The molecule has 1 aromatic heterocycles. The molecule has 2 amide bonds. The molecule has 1 aliphatic carbocycles. The van der Waals surface area contributed by atoms with E-state index in [0.717, 1.165) is 25.0 Å². The van der Waals surface area contributed by atoms with E-state index in [1.165, 1.54) is 0 Å². The molecule has 0 atom stereocenters. The van der Waals surface area contributed by atoms with Crippen molar-refractivity contribution in [2.24, 2.45) is 5.92 Å². The van der Waals surface area contributed by atoms with Gasteiger partial charge in [-0.3, -0.25) is 4.79 Å². The van der Waals surface area contributed by atoms with Crippen molar-refractivity contribution in [3.63, 3.8) is 0 Å². The van der Waals surface area contributed by atoms with Gasteiger partial charge in [0.1, 0.15) is 0 Å². The first-order chi connectivity index (χ1) is 9.65.